The maximum atomic E-state index is 12.7. The van der Waals surface area contributed by atoms with Gasteiger partial charge in [-0.3, -0.25) is 19.7 Å². The van der Waals surface area contributed by atoms with Gasteiger partial charge < -0.3 is 10.2 Å². The van der Waals surface area contributed by atoms with Gasteiger partial charge in [-0.1, -0.05) is 19.9 Å². The lowest BCUT2D eigenvalue weighted by molar-refractivity contribution is -0.385. The van der Waals surface area contributed by atoms with Crippen molar-refractivity contribution in [1.82, 2.24) is 10.2 Å². The SMILES string of the molecule is CCCNC(=O)CN(CCC)C(=O)c1cccc([N+](=O)[O-])c1C. The lowest BCUT2D eigenvalue weighted by atomic mass is 10.1. The monoisotopic (exact) mass is 321 g/mol. The molecule has 7 heteroatoms. The van der Waals surface area contributed by atoms with Crippen LogP contribution in [0.3, 0.4) is 0 Å². The number of nitrogens with one attached hydrogen (secondary N) is 1. The topological polar surface area (TPSA) is 92.6 Å². The molecule has 0 aliphatic heterocycles. The average Bonchev–Trinajstić information content (AvgIpc) is 2.51. The van der Waals surface area contributed by atoms with E-state index in [1.165, 1.54) is 17.0 Å². The van der Waals surface area contributed by atoms with Gasteiger partial charge in [0.2, 0.25) is 5.91 Å². The van der Waals surface area contributed by atoms with Crippen LogP contribution in [0.4, 0.5) is 5.69 Å². The number of hydrogen-bond donors (Lipinski definition) is 1. The molecule has 1 aromatic carbocycles. The number of benzene rings is 1. The minimum absolute atomic E-state index is 0.0468. The zero-order valence-corrected chi connectivity index (χ0v) is 13.8. The molecular formula is C16H23N3O4. The molecule has 1 rings (SSSR count). The molecule has 0 spiro atoms. The highest BCUT2D eigenvalue weighted by Crippen LogP contribution is 2.22. The minimum atomic E-state index is -0.510. The third kappa shape index (κ3) is 5.05. The van der Waals surface area contributed by atoms with Gasteiger partial charge in [-0.15, -0.1) is 0 Å². The van der Waals surface area contributed by atoms with Crippen molar-refractivity contribution in [3.8, 4) is 0 Å². The lowest BCUT2D eigenvalue weighted by Crippen LogP contribution is -2.41. The summed E-state index contributed by atoms with van der Waals surface area (Å²) >= 11 is 0. The Bertz CT molecular complexity index is 587. The maximum absolute atomic E-state index is 12.7. The fraction of sp³-hybridized carbons (Fsp3) is 0.500. The Morgan fingerprint density at radius 1 is 1.26 bits per heavy atom. The van der Waals surface area contributed by atoms with Crippen molar-refractivity contribution in [3.05, 3.63) is 39.4 Å². The average molecular weight is 321 g/mol. The van der Waals surface area contributed by atoms with E-state index in [9.17, 15) is 19.7 Å². The Morgan fingerprint density at radius 2 is 1.96 bits per heavy atom. The Morgan fingerprint density at radius 3 is 2.52 bits per heavy atom. The predicted molar refractivity (Wildman–Crippen MR) is 87.3 cm³/mol. The second-order valence-electron chi connectivity index (χ2n) is 5.28. The normalized spacial score (nSPS) is 10.2. The molecule has 7 nitrogen and oxygen atoms in total. The van der Waals surface area contributed by atoms with Gasteiger partial charge in [-0.2, -0.15) is 0 Å². The van der Waals surface area contributed by atoms with E-state index in [0.717, 1.165) is 6.42 Å². The summed E-state index contributed by atoms with van der Waals surface area (Å²) in [6.45, 7) is 6.33. The van der Waals surface area contributed by atoms with E-state index in [1.807, 2.05) is 13.8 Å². The number of amides is 2. The van der Waals surface area contributed by atoms with Gasteiger partial charge in [0, 0.05) is 30.3 Å². The van der Waals surface area contributed by atoms with Crippen molar-refractivity contribution >= 4 is 17.5 Å². The molecule has 0 saturated heterocycles. The van der Waals surface area contributed by atoms with Crippen LogP contribution in [0.5, 0.6) is 0 Å². The summed E-state index contributed by atoms with van der Waals surface area (Å²) in [6.07, 6.45) is 1.51. The number of hydrogen-bond acceptors (Lipinski definition) is 4. The van der Waals surface area contributed by atoms with Crippen LogP contribution in [-0.2, 0) is 4.79 Å². The molecule has 0 fully saturated rings. The van der Waals surface area contributed by atoms with Crippen LogP contribution in [0, 0.1) is 17.0 Å². The molecule has 0 heterocycles. The summed E-state index contributed by atoms with van der Waals surface area (Å²) in [6, 6.07) is 4.40. The van der Waals surface area contributed by atoms with E-state index in [-0.39, 0.29) is 29.6 Å². The zero-order chi connectivity index (χ0) is 17.4. The van der Waals surface area contributed by atoms with E-state index in [0.29, 0.717) is 25.1 Å². The first-order valence-electron chi connectivity index (χ1n) is 7.72. The van der Waals surface area contributed by atoms with Gasteiger partial charge in [-0.25, -0.2) is 0 Å². The van der Waals surface area contributed by atoms with Gasteiger partial charge in [-0.05, 0) is 25.8 Å². The van der Waals surface area contributed by atoms with Crippen molar-refractivity contribution in [3.63, 3.8) is 0 Å². The molecule has 2 amide bonds. The molecule has 0 aromatic heterocycles. The highest BCUT2D eigenvalue weighted by molar-refractivity contribution is 5.98. The van der Waals surface area contributed by atoms with E-state index >= 15 is 0 Å². The van der Waals surface area contributed by atoms with E-state index < -0.39 is 4.92 Å². The van der Waals surface area contributed by atoms with Crippen LogP contribution in [0.25, 0.3) is 0 Å². The van der Waals surface area contributed by atoms with Gasteiger partial charge >= 0.3 is 0 Å². The summed E-state index contributed by atoms with van der Waals surface area (Å²) < 4.78 is 0. The van der Waals surface area contributed by atoms with Crippen LogP contribution < -0.4 is 5.32 Å². The molecule has 0 radical (unpaired) electrons. The van der Waals surface area contributed by atoms with E-state index in [1.54, 1.807) is 13.0 Å². The van der Waals surface area contributed by atoms with Gasteiger partial charge in [0.05, 0.1) is 11.5 Å². The van der Waals surface area contributed by atoms with Gasteiger partial charge in [0.15, 0.2) is 0 Å². The van der Waals surface area contributed by atoms with Crippen molar-refractivity contribution in [2.24, 2.45) is 0 Å². The molecule has 1 N–H and O–H groups in total. The predicted octanol–water partition coefficient (Wildman–Crippen LogP) is 2.28. The molecule has 1 aromatic rings. The second kappa shape index (κ2) is 8.87. The summed E-state index contributed by atoms with van der Waals surface area (Å²) in [5, 5.41) is 13.7. The molecule has 0 atom stereocenters. The summed E-state index contributed by atoms with van der Waals surface area (Å²) in [7, 11) is 0. The van der Waals surface area contributed by atoms with Gasteiger partial charge in [0.25, 0.3) is 11.6 Å². The Hall–Kier alpha value is -2.44. The lowest BCUT2D eigenvalue weighted by Gasteiger charge is -2.22. The van der Waals surface area contributed by atoms with Crippen LogP contribution >= 0.6 is 0 Å². The summed E-state index contributed by atoms with van der Waals surface area (Å²) in [5.74, 6) is -0.587. The Labute approximate surface area is 135 Å². The number of nitro benzene ring substituents is 1. The first-order valence-corrected chi connectivity index (χ1v) is 7.72. The highest BCUT2D eigenvalue weighted by atomic mass is 16.6. The number of rotatable bonds is 8. The van der Waals surface area contributed by atoms with Crippen molar-refractivity contribution < 1.29 is 14.5 Å². The number of carbonyl (C=O) groups is 2. The van der Waals surface area contributed by atoms with E-state index in [4.69, 9.17) is 0 Å². The van der Waals surface area contributed by atoms with Crippen molar-refractivity contribution in [2.45, 2.75) is 33.6 Å². The van der Waals surface area contributed by atoms with E-state index in [2.05, 4.69) is 5.32 Å². The van der Waals surface area contributed by atoms with Gasteiger partial charge in [0.1, 0.15) is 0 Å². The first kappa shape index (κ1) is 18.6. The van der Waals surface area contributed by atoms with Crippen molar-refractivity contribution in [1.29, 1.82) is 0 Å². The van der Waals surface area contributed by atoms with Crippen LogP contribution in [0.2, 0.25) is 0 Å². The quantitative estimate of drug-likeness (QED) is 0.587. The number of nitrogens with zero attached hydrogens (tertiary/aromatic N) is 2. The van der Waals surface area contributed by atoms with Crippen LogP contribution in [-0.4, -0.2) is 41.3 Å². The third-order valence-electron chi connectivity index (χ3n) is 3.42. The maximum Gasteiger partial charge on any atom is 0.273 e. The standard InChI is InChI=1S/C16H23N3O4/c1-4-9-17-15(20)11-18(10-5-2)16(21)13-7-6-8-14(12(13)3)19(22)23/h6-8H,4-5,9-11H2,1-3H3,(H,17,20). The highest BCUT2D eigenvalue weighted by Gasteiger charge is 2.23. The third-order valence-corrected chi connectivity index (χ3v) is 3.42. The molecule has 23 heavy (non-hydrogen) atoms. The fourth-order valence-corrected chi connectivity index (χ4v) is 2.24. The molecular weight excluding hydrogens is 298 g/mol. The molecule has 0 aliphatic rings. The summed E-state index contributed by atoms with van der Waals surface area (Å²) in [5.41, 5.74) is 0.483. The summed E-state index contributed by atoms with van der Waals surface area (Å²) in [4.78, 5) is 36.5. The Kier molecular flexibility index (Phi) is 7.18. The first-order chi connectivity index (χ1) is 10.9. The Balaban J connectivity index is 3.00. The largest absolute Gasteiger partial charge is 0.355 e. The van der Waals surface area contributed by atoms with Crippen LogP contribution in [0.1, 0.15) is 42.6 Å². The minimum Gasteiger partial charge on any atom is -0.355 e. The molecule has 0 unspecified atom stereocenters. The van der Waals surface area contributed by atoms with Crippen molar-refractivity contribution in [2.75, 3.05) is 19.6 Å². The smallest absolute Gasteiger partial charge is 0.273 e. The second-order valence-corrected chi connectivity index (χ2v) is 5.28. The molecule has 0 bridgehead atoms. The molecule has 0 aliphatic carbocycles. The molecule has 126 valence electrons. The number of carbonyl (C=O) groups excluding carboxylic acids is 2. The van der Waals surface area contributed by atoms with Crippen LogP contribution in [0.15, 0.2) is 18.2 Å². The fourth-order valence-electron chi connectivity index (χ4n) is 2.24. The number of nitro groups is 1. The zero-order valence-electron chi connectivity index (χ0n) is 13.8. The molecule has 0 saturated carbocycles.